The van der Waals surface area contributed by atoms with Crippen molar-refractivity contribution in [3.8, 4) is 5.75 Å². The number of amides is 1. The molecule has 1 N–H and O–H groups in total. The quantitative estimate of drug-likeness (QED) is 0.784. The number of benzene rings is 2. The number of likely N-dealkylation sites (N-methyl/N-ethyl adjacent to an activating group) is 1. The standard InChI is InChI=1S/C19H22Cl2N2O2/c1-13(23(2)12-15-6-7-16(20)10-18(15)21)19(24)22-11-14-4-8-17(25-3)9-5-14/h4-10,13H,11-12H2,1-3H3,(H,22,24)/t13-/m0/s1. The summed E-state index contributed by atoms with van der Waals surface area (Å²) in [6, 6.07) is 12.7. The highest BCUT2D eigenvalue weighted by Crippen LogP contribution is 2.22. The fourth-order valence-electron chi connectivity index (χ4n) is 2.34. The molecule has 0 aliphatic carbocycles. The van der Waals surface area contributed by atoms with E-state index in [4.69, 9.17) is 27.9 Å². The zero-order valence-corrected chi connectivity index (χ0v) is 16.1. The zero-order valence-electron chi connectivity index (χ0n) is 14.6. The van der Waals surface area contributed by atoms with Gasteiger partial charge in [0.15, 0.2) is 0 Å². The maximum atomic E-state index is 12.4. The molecule has 0 heterocycles. The van der Waals surface area contributed by atoms with Crippen molar-refractivity contribution < 1.29 is 9.53 Å². The summed E-state index contributed by atoms with van der Waals surface area (Å²) in [4.78, 5) is 14.3. The Morgan fingerprint density at radius 3 is 2.48 bits per heavy atom. The molecule has 0 saturated carbocycles. The van der Waals surface area contributed by atoms with E-state index in [-0.39, 0.29) is 11.9 Å². The number of hydrogen-bond donors (Lipinski definition) is 1. The average molecular weight is 381 g/mol. The maximum absolute atomic E-state index is 12.4. The van der Waals surface area contributed by atoms with Crippen LogP contribution in [-0.4, -0.2) is 31.0 Å². The summed E-state index contributed by atoms with van der Waals surface area (Å²) in [5.41, 5.74) is 1.95. The molecule has 0 aliphatic rings. The maximum Gasteiger partial charge on any atom is 0.237 e. The van der Waals surface area contributed by atoms with Crippen molar-refractivity contribution in [3.63, 3.8) is 0 Å². The molecule has 2 aromatic rings. The minimum absolute atomic E-state index is 0.0385. The number of nitrogens with one attached hydrogen (secondary N) is 1. The van der Waals surface area contributed by atoms with Crippen LogP contribution >= 0.6 is 23.2 Å². The van der Waals surface area contributed by atoms with Crippen LogP contribution in [-0.2, 0) is 17.9 Å². The van der Waals surface area contributed by atoms with Crippen molar-refractivity contribution in [2.24, 2.45) is 0 Å². The van der Waals surface area contributed by atoms with E-state index in [0.717, 1.165) is 16.9 Å². The Morgan fingerprint density at radius 1 is 1.20 bits per heavy atom. The average Bonchev–Trinajstić information content (AvgIpc) is 2.61. The predicted molar refractivity (Wildman–Crippen MR) is 102 cm³/mol. The number of carbonyl (C=O) groups is 1. The second-order valence-corrected chi connectivity index (χ2v) is 6.74. The number of methoxy groups -OCH3 is 1. The molecule has 0 saturated heterocycles. The lowest BCUT2D eigenvalue weighted by molar-refractivity contribution is -0.125. The van der Waals surface area contributed by atoms with E-state index in [1.165, 1.54) is 0 Å². The van der Waals surface area contributed by atoms with Gasteiger partial charge in [-0.25, -0.2) is 0 Å². The Balaban J connectivity index is 1.89. The minimum atomic E-state index is -0.287. The van der Waals surface area contributed by atoms with Crippen LogP contribution in [0.3, 0.4) is 0 Å². The summed E-state index contributed by atoms with van der Waals surface area (Å²) in [6.45, 7) is 2.91. The van der Waals surface area contributed by atoms with Crippen LogP contribution in [0.15, 0.2) is 42.5 Å². The van der Waals surface area contributed by atoms with E-state index in [2.05, 4.69) is 5.32 Å². The van der Waals surface area contributed by atoms with Gasteiger partial charge in [0.25, 0.3) is 0 Å². The molecule has 0 unspecified atom stereocenters. The van der Waals surface area contributed by atoms with Crippen molar-refractivity contribution in [3.05, 3.63) is 63.6 Å². The van der Waals surface area contributed by atoms with Crippen LogP contribution in [0.4, 0.5) is 0 Å². The molecule has 0 spiro atoms. The molecule has 6 heteroatoms. The third kappa shape index (κ3) is 5.63. The molecule has 0 aromatic heterocycles. The van der Waals surface area contributed by atoms with E-state index in [1.54, 1.807) is 19.2 Å². The monoisotopic (exact) mass is 380 g/mol. The van der Waals surface area contributed by atoms with Gasteiger partial charge in [0.05, 0.1) is 13.2 Å². The van der Waals surface area contributed by atoms with Gasteiger partial charge in [0.2, 0.25) is 5.91 Å². The highest BCUT2D eigenvalue weighted by molar-refractivity contribution is 6.35. The SMILES string of the molecule is COc1ccc(CNC(=O)[C@H](C)N(C)Cc2ccc(Cl)cc2Cl)cc1. The first kappa shape index (κ1) is 19.6. The second kappa shape index (κ2) is 9.09. The Bertz CT molecular complexity index is 720. The number of ether oxygens (including phenoxy) is 1. The van der Waals surface area contributed by atoms with Gasteiger partial charge in [-0.3, -0.25) is 9.69 Å². The van der Waals surface area contributed by atoms with Crippen molar-refractivity contribution in [1.82, 2.24) is 10.2 Å². The number of rotatable bonds is 7. The van der Waals surface area contributed by atoms with Crippen LogP contribution in [0.1, 0.15) is 18.1 Å². The van der Waals surface area contributed by atoms with Crippen molar-refractivity contribution in [2.45, 2.75) is 26.1 Å². The van der Waals surface area contributed by atoms with Crippen molar-refractivity contribution >= 4 is 29.1 Å². The molecule has 1 amide bonds. The van der Waals surface area contributed by atoms with E-state index in [9.17, 15) is 4.79 Å². The minimum Gasteiger partial charge on any atom is -0.497 e. The molecular formula is C19H22Cl2N2O2. The Morgan fingerprint density at radius 2 is 1.88 bits per heavy atom. The first-order chi connectivity index (χ1) is 11.9. The summed E-state index contributed by atoms with van der Waals surface area (Å²) in [5, 5.41) is 4.15. The van der Waals surface area contributed by atoms with Crippen molar-refractivity contribution in [2.75, 3.05) is 14.2 Å². The van der Waals surface area contributed by atoms with Gasteiger partial charge in [0.1, 0.15) is 5.75 Å². The summed E-state index contributed by atoms with van der Waals surface area (Å²) in [6.07, 6.45) is 0. The van der Waals surface area contributed by atoms with Gasteiger partial charge in [-0.05, 0) is 49.4 Å². The summed E-state index contributed by atoms with van der Waals surface area (Å²) >= 11 is 12.1. The fraction of sp³-hybridized carbons (Fsp3) is 0.316. The lowest BCUT2D eigenvalue weighted by Crippen LogP contribution is -2.42. The number of halogens is 2. The third-order valence-electron chi connectivity index (χ3n) is 4.10. The van der Waals surface area contributed by atoms with Gasteiger partial charge in [0, 0.05) is 23.1 Å². The molecule has 0 fully saturated rings. The molecule has 0 radical (unpaired) electrons. The van der Waals surface area contributed by atoms with Gasteiger partial charge in [-0.1, -0.05) is 41.4 Å². The van der Waals surface area contributed by atoms with E-state index in [1.807, 2.05) is 49.2 Å². The molecular weight excluding hydrogens is 359 g/mol. The largest absolute Gasteiger partial charge is 0.497 e. The Hall–Kier alpha value is -1.75. The van der Waals surface area contributed by atoms with Crippen molar-refractivity contribution in [1.29, 1.82) is 0 Å². The highest BCUT2D eigenvalue weighted by Gasteiger charge is 2.18. The van der Waals surface area contributed by atoms with Crippen LogP contribution in [0.5, 0.6) is 5.75 Å². The molecule has 0 aliphatic heterocycles. The zero-order chi connectivity index (χ0) is 18.4. The fourth-order valence-corrected chi connectivity index (χ4v) is 2.80. The predicted octanol–water partition coefficient (Wildman–Crippen LogP) is 4.14. The van der Waals surface area contributed by atoms with Crippen LogP contribution < -0.4 is 10.1 Å². The van der Waals surface area contributed by atoms with E-state index in [0.29, 0.717) is 23.1 Å². The lowest BCUT2D eigenvalue weighted by Gasteiger charge is -2.24. The van der Waals surface area contributed by atoms with Gasteiger partial charge >= 0.3 is 0 Å². The molecule has 0 bridgehead atoms. The summed E-state index contributed by atoms with van der Waals surface area (Å²) in [5.74, 6) is 0.756. The molecule has 2 rings (SSSR count). The van der Waals surface area contributed by atoms with E-state index >= 15 is 0 Å². The number of nitrogens with zero attached hydrogens (tertiary/aromatic N) is 1. The van der Waals surface area contributed by atoms with Crippen LogP contribution in [0, 0.1) is 0 Å². The first-order valence-corrected chi connectivity index (χ1v) is 8.71. The lowest BCUT2D eigenvalue weighted by atomic mass is 10.1. The molecule has 134 valence electrons. The number of hydrogen-bond acceptors (Lipinski definition) is 3. The Kier molecular flexibility index (Phi) is 7.12. The highest BCUT2D eigenvalue weighted by atomic mass is 35.5. The third-order valence-corrected chi connectivity index (χ3v) is 4.69. The topological polar surface area (TPSA) is 41.6 Å². The van der Waals surface area contributed by atoms with Gasteiger partial charge in [-0.15, -0.1) is 0 Å². The summed E-state index contributed by atoms with van der Waals surface area (Å²) in [7, 11) is 3.52. The molecule has 1 atom stereocenters. The first-order valence-electron chi connectivity index (χ1n) is 7.95. The second-order valence-electron chi connectivity index (χ2n) is 5.89. The van der Waals surface area contributed by atoms with Crippen LogP contribution in [0.2, 0.25) is 10.0 Å². The molecule has 25 heavy (non-hydrogen) atoms. The molecule has 4 nitrogen and oxygen atoms in total. The molecule has 2 aromatic carbocycles. The van der Waals surface area contributed by atoms with Crippen LogP contribution in [0.25, 0.3) is 0 Å². The van der Waals surface area contributed by atoms with E-state index < -0.39 is 0 Å². The van der Waals surface area contributed by atoms with Gasteiger partial charge in [-0.2, -0.15) is 0 Å². The number of carbonyl (C=O) groups excluding carboxylic acids is 1. The smallest absolute Gasteiger partial charge is 0.237 e. The van der Waals surface area contributed by atoms with Gasteiger partial charge < -0.3 is 10.1 Å². The normalized spacial score (nSPS) is 12.1. The Labute approximate surface area is 158 Å². The summed E-state index contributed by atoms with van der Waals surface area (Å²) < 4.78 is 5.12.